The van der Waals surface area contributed by atoms with E-state index >= 15 is 0 Å². The van der Waals surface area contributed by atoms with Gasteiger partial charge in [-0.3, -0.25) is 4.79 Å². The van der Waals surface area contributed by atoms with Gasteiger partial charge < -0.3 is 14.1 Å². The molecule has 1 amide bonds. The topological polar surface area (TPSA) is 55.6 Å². The Hall–Kier alpha value is -3.74. The van der Waals surface area contributed by atoms with E-state index < -0.39 is 11.6 Å². The van der Waals surface area contributed by atoms with Crippen LogP contribution in [0, 0.1) is 11.6 Å². The second-order valence-corrected chi connectivity index (χ2v) is 8.13. The molecule has 0 aliphatic carbocycles. The summed E-state index contributed by atoms with van der Waals surface area (Å²) < 4.78 is 38.6. The van der Waals surface area contributed by atoms with Crippen molar-refractivity contribution < 1.29 is 22.7 Å². The smallest absolute Gasteiger partial charge is 0.227 e. The lowest BCUT2D eigenvalue weighted by atomic mass is 10.0. The molecule has 0 saturated carbocycles. The summed E-state index contributed by atoms with van der Waals surface area (Å²) in [6.07, 6.45) is 1.92. The van der Waals surface area contributed by atoms with Crippen molar-refractivity contribution in [1.29, 1.82) is 0 Å². The van der Waals surface area contributed by atoms with E-state index in [0.29, 0.717) is 34.7 Å². The summed E-state index contributed by atoms with van der Waals surface area (Å²) in [7, 11) is 1.61. The third-order valence-corrected chi connectivity index (χ3v) is 6.02. The maximum atomic E-state index is 14.2. The quantitative estimate of drug-likeness (QED) is 0.394. The number of ether oxygens (including phenoxy) is 1. The summed E-state index contributed by atoms with van der Waals surface area (Å²) in [5, 5.41) is 0. The molecule has 168 valence electrons. The summed E-state index contributed by atoms with van der Waals surface area (Å²) in [4.78, 5) is 19.5. The van der Waals surface area contributed by atoms with Gasteiger partial charge in [0.05, 0.1) is 13.5 Å². The van der Waals surface area contributed by atoms with Crippen molar-refractivity contribution in [3.05, 3.63) is 83.8 Å². The van der Waals surface area contributed by atoms with Crippen LogP contribution in [-0.4, -0.2) is 29.4 Å². The minimum atomic E-state index is -0.635. The number of carbonyl (C=O) groups excluding carboxylic acids is 1. The van der Waals surface area contributed by atoms with Crippen LogP contribution in [0.15, 0.2) is 65.1 Å². The van der Waals surface area contributed by atoms with Crippen LogP contribution in [0.3, 0.4) is 0 Å². The lowest BCUT2D eigenvalue weighted by Crippen LogP contribution is -2.32. The van der Waals surface area contributed by atoms with Crippen molar-refractivity contribution in [1.82, 2.24) is 9.88 Å². The van der Waals surface area contributed by atoms with Crippen LogP contribution in [0.2, 0.25) is 0 Å². The average molecular weight is 448 g/mol. The molecule has 1 aliphatic heterocycles. The van der Waals surface area contributed by atoms with Gasteiger partial charge in [0, 0.05) is 18.2 Å². The Balaban J connectivity index is 1.38. The monoisotopic (exact) mass is 448 g/mol. The van der Waals surface area contributed by atoms with Crippen molar-refractivity contribution >= 4 is 17.0 Å². The van der Waals surface area contributed by atoms with E-state index in [4.69, 9.17) is 9.15 Å². The molecular formula is C26H22F2N2O3. The lowest BCUT2D eigenvalue weighted by Gasteiger charge is -2.22. The molecule has 1 atom stereocenters. The molecule has 2 heterocycles. The molecule has 7 heteroatoms. The number of amides is 1. The number of carbonyl (C=O) groups is 1. The van der Waals surface area contributed by atoms with Gasteiger partial charge >= 0.3 is 0 Å². The van der Waals surface area contributed by atoms with Crippen LogP contribution in [0.1, 0.15) is 30.3 Å². The van der Waals surface area contributed by atoms with Crippen LogP contribution >= 0.6 is 0 Å². The molecule has 1 saturated heterocycles. The van der Waals surface area contributed by atoms with Gasteiger partial charge in [-0.05, 0) is 60.4 Å². The highest BCUT2D eigenvalue weighted by Gasteiger charge is 2.33. The van der Waals surface area contributed by atoms with Gasteiger partial charge in [0.1, 0.15) is 28.9 Å². The summed E-state index contributed by atoms with van der Waals surface area (Å²) in [6.45, 7) is 0.643. The second-order valence-electron chi connectivity index (χ2n) is 8.13. The van der Waals surface area contributed by atoms with Crippen molar-refractivity contribution in [2.75, 3.05) is 13.7 Å². The predicted molar refractivity (Wildman–Crippen MR) is 120 cm³/mol. The molecule has 1 unspecified atom stereocenters. The number of hydrogen-bond acceptors (Lipinski definition) is 4. The first-order chi connectivity index (χ1) is 16.0. The van der Waals surface area contributed by atoms with E-state index in [-0.39, 0.29) is 18.4 Å². The number of methoxy groups -OCH3 is 1. The summed E-state index contributed by atoms with van der Waals surface area (Å²) >= 11 is 0. The number of hydrogen-bond donors (Lipinski definition) is 0. The summed E-state index contributed by atoms with van der Waals surface area (Å²) in [5.74, 6) is -0.0243. The van der Waals surface area contributed by atoms with Crippen molar-refractivity contribution in [3.8, 4) is 16.9 Å². The van der Waals surface area contributed by atoms with Gasteiger partial charge in [0.25, 0.3) is 0 Å². The second kappa shape index (κ2) is 8.65. The fourth-order valence-electron chi connectivity index (χ4n) is 4.32. The van der Waals surface area contributed by atoms with Crippen LogP contribution < -0.4 is 4.74 Å². The third-order valence-electron chi connectivity index (χ3n) is 6.02. The largest absolute Gasteiger partial charge is 0.497 e. The third kappa shape index (κ3) is 4.18. The number of nitrogens with zero attached hydrogens (tertiary/aromatic N) is 2. The zero-order valence-corrected chi connectivity index (χ0v) is 18.1. The van der Waals surface area contributed by atoms with Gasteiger partial charge in [-0.25, -0.2) is 13.8 Å². The minimum absolute atomic E-state index is 0.0130. The highest BCUT2D eigenvalue weighted by Crippen LogP contribution is 2.35. The Morgan fingerprint density at radius 1 is 1.12 bits per heavy atom. The van der Waals surface area contributed by atoms with E-state index in [1.807, 2.05) is 29.2 Å². The van der Waals surface area contributed by atoms with Crippen LogP contribution in [0.4, 0.5) is 8.78 Å². The lowest BCUT2D eigenvalue weighted by molar-refractivity contribution is -0.131. The molecule has 0 radical (unpaired) electrons. The molecule has 33 heavy (non-hydrogen) atoms. The standard InChI is InChI=1S/C26H22F2N2O3/c1-32-19-8-4-16(5-9-19)13-25(31)30-12-2-3-23(30)26-29-22-14-17(6-11-24(22)33-26)20-10-7-18(27)15-21(20)28/h4-11,14-15,23H,2-3,12-13H2,1H3. The molecule has 5 nitrogen and oxygen atoms in total. The maximum absolute atomic E-state index is 14.2. The molecule has 0 spiro atoms. The number of likely N-dealkylation sites (tertiary alicyclic amines) is 1. The maximum Gasteiger partial charge on any atom is 0.227 e. The molecular weight excluding hydrogens is 426 g/mol. The Kier molecular flexibility index (Phi) is 5.54. The molecule has 0 N–H and O–H groups in total. The van der Waals surface area contributed by atoms with Gasteiger partial charge in [0.2, 0.25) is 11.8 Å². The summed E-state index contributed by atoms with van der Waals surface area (Å²) in [6, 6.07) is 15.9. The highest BCUT2D eigenvalue weighted by molar-refractivity contribution is 5.81. The number of oxazole rings is 1. The van der Waals surface area contributed by atoms with E-state index in [0.717, 1.165) is 30.2 Å². The number of halogens is 2. The highest BCUT2D eigenvalue weighted by atomic mass is 19.1. The molecule has 1 aliphatic rings. The Bertz CT molecular complexity index is 1320. The van der Waals surface area contributed by atoms with E-state index in [9.17, 15) is 13.6 Å². The van der Waals surface area contributed by atoms with E-state index in [1.54, 1.807) is 25.3 Å². The van der Waals surface area contributed by atoms with Crippen LogP contribution in [-0.2, 0) is 11.2 Å². The van der Waals surface area contributed by atoms with Gasteiger partial charge in [-0.1, -0.05) is 18.2 Å². The van der Waals surface area contributed by atoms with Crippen molar-refractivity contribution in [2.24, 2.45) is 0 Å². The molecule has 4 aromatic rings. The molecule has 5 rings (SSSR count). The first kappa shape index (κ1) is 21.1. The predicted octanol–water partition coefficient (Wildman–Crippen LogP) is 5.69. The zero-order valence-electron chi connectivity index (χ0n) is 18.1. The molecule has 0 bridgehead atoms. The average Bonchev–Trinajstić information content (AvgIpc) is 3.46. The number of benzene rings is 3. The summed E-state index contributed by atoms with van der Waals surface area (Å²) in [5.41, 5.74) is 2.92. The van der Waals surface area contributed by atoms with Crippen LogP contribution in [0.5, 0.6) is 5.75 Å². The van der Waals surface area contributed by atoms with Crippen molar-refractivity contribution in [3.63, 3.8) is 0 Å². The van der Waals surface area contributed by atoms with Crippen molar-refractivity contribution in [2.45, 2.75) is 25.3 Å². The van der Waals surface area contributed by atoms with Gasteiger partial charge in [-0.15, -0.1) is 0 Å². The number of fused-ring (bicyclic) bond motifs is 1. The van der Waals surface area contributed by atoms with Gasteiger partial charge in [0.15, 0.2) is 5.58 Å². The molecule has 1 fully saturated rings. The van der Waals surface area contributed by atoms with Crippen LogP contribution in [0.25, 0.3) is 22.2 Å². The minimum Gasteiger partial charge on any atom is -0.497 e. The fourth-order valence-corrected chi connectivity index (χ4v) is 4.32. The number of rotatable bonds is 5. The normalized spacial score (nSPS) is 15.8. The zero-order chi connectivity index (χ0) is 22.9. The first-order valence-electron chi connectivity index (χ1n) is 10.8. The number of aromatic nitrogens is 1. The molecule has 3 aromatic carbocycles. The Labute approximate surface area is 189 Å². The molecule has 1 aromatic heterocycles. The Morgan fingerprint density at radius 2 is 1.94 bits per heavy atom. The van der Waals surface area contributed by atoms with Gasteiger partial charge in [-0.2, -0.15) is 0 Å². The Morgan fingerprint density at radius 3 is 2.70 bits per heavy atom. The fraction of sp³-hybridized carbons (Fsp3) is 0.231. The SMILES string of the molecule is COc1ccc(CC(=O)N2CCCC2c2nc3cc(-c4ccc(F)cc4F)ccc3o2)cc1. The van der Waals surface area contributed by atoms with E-state index in [1.165, 1.54) is 12.1 Å². The first-order valence-corrected chi connectivity index (χ1v) is 10.8. The van der Waals surface area contributed by atoms with E-state index in [2.05, 4.69) is 4.98 Å².